The predicted molar refractivity (Wildman–Crippen MR) is 126 cm³/mol. The zero-order valence-corrected chi connectivity index (χ0v) is 19.0. The van der Waals surface area contributed by atoms with Crippen LogP contribution < -0.4 is 15.4 Å². The number of benzene rings is 2. The van der Waals surface area contributed by atoms with Gasteiger partial charge in [-0.1, -0.05) is 18.2 Å². The molecule has 3 heterocycles. The van der Waals surface area contributed by atoms with Crippen molar-refractivity contribution < 1.29 is 22.7 Å². The lowest BCUT2D eigenvalue weighted by Crippen LogP contribution is -2.32. The molecule has 4 aromatic rings. The van der Waals surface area contributed by atoms with Gasteiger partial charge in [-0.15, -0.1) is 0 Å². The van der Waals surface area contributed by atoms with Gasteiger partial charge in [0.2, 0.25) is 0 Å². The minimum Gasteiger partial charge on any atom is -0.409 e. The highest BCUT2D eigenvalue weighted by atomic mass is 19.4. The molecule has 0 saturated carbocycles. The highest BCUT2D eigenvalue weighted by molar-refractivity contribution is 6.01. The number of carbonyl (C=O) groups excluding carboxylic acids is 1. The highest BCUT2D eigenvalue weighted by Crippen LogP contribution is 2.39. The van der Waals surface area contributed by atoms with Crippen molar-refractivity contribution >= 4 is 28.6 Å². The Balaban J connectivity index is 1.47. The molecule has 1 amide bonds. The van der Waals surface area contributed by atoms with Gasteiger partial charge in [-0.3, -0.25) is 4.90 Å². The van der Waals surface area contributed by atoms with E-state index in [0.29, 0.717) is 24.5 Å². The molecule has 0 atom stereocenters. The number of aromatic nitrogens is 3. The van der Waals surface area contributed by atoms with Gasteiger partial charge in [0.05, 0.1) is 16.6 Å². The molecule has 0 unspecified atom stereocenters. The number of para-hydroxylation sites is 1. The summed E-state index contributed by atoms with van der Waals surface area (Å²) in [6.45, 7) is 4.39. The van der Waals surface area contributed by atoms with Crippen molar-refractivity contribution in [2.75, 3.05) is 17.2 Å². The largest absolute Gasteiger partial charge is 0.419 e. The minimum absolute atomic E-state index is 0.153. The number of nitrogens with two attached hydrogens (primary N) is 1. The summed E-state index contributed by atoms with van der Waals surface area (Å²) >= 11 is 0. The smallest absolute Gasteiger partial charge is 0.409 e. The minimum atomic E-state index is -4.63. The number of halogens is 3. The van der Waals surface area contributed by atoms with Crippen molar-refractivity contribution in [3.8, 4) is 16.9 Å². The first-order valence-electron chi connectivity index (χ1n) is 11.0. The number of hydrogen-bond donors (Lipinski definition) is 1. The van der Waals surface area contributed by atoms with Crippen LogP contribution in [0, 0.1) is 0 Å². The zero-order chi connectivity index (χ0) is 24.9. The average molecular weight is 481 g/mol. The van der Waals surface area contributed by atoms with Crippen LogP contribution in [-0.4, -0.2) is 27.2 Å². The second kappa shape index (κ2) is 8.30. The fourth-order valence-corrected chi connectivity index (χ4v) is 4.42. The van der Waals surface area contributed by atoms with Gasteiger partial charge in [-0.05, 0) is 55.7 Å². The average Bonchev–Trinajstić information content (AvgIpc) is 3.41. The zero-order valence-electron chi connectivity index (χ0n) is 19.0. The van der Waals surface area contributed by atoms with Crippen molar-refractivity contribution in [1.29, 1.82) is 0 Å². The first-order chi connectivity index (χ1) is 16.6. The second-order valence-corrected chi connectivity index (χ2v) is 8.61. The molecule has 0 fully saturated rings. The Hall–Kier alpha value is -4.08. The van der Waals surface area contributed by atoms with E-state index in [1.807, 2.05) is 36.7 Å². The summed E-state index contributed by atoms with van der Waals surface area (Å²) in [6, 6.07) is 10.4. The molecular formula is C25H22F3N5O2. The van der Waals surface area contributed by atoms with Gasteiger partial charge in [-0.2, -0.15) is 13.2 Å². The van der Waals surface area contributed by atoms with Gasteiger partial charge in [0.1, 0.15) is 23.5 Å². The molecule has 2 aromatic heterocycles. The maximum absolute atomic E-state index is 13.3. The number of hydrogen-bond acceptors (Lipinski definition) is 5. The van der Waals surface area contributed by atoms with E-state index < -0.39 is 23.6 Å². The number of anilines is 2. The van der Waals surface area contributed by atoms with Crippen LogP contribution in [0.4, 0.5) is 29.5 Å². The topological polar surface area (TPSA) is 86.3 Å². The van der Waals surface area contributed by atoms with E-state index in [-0.39, 0.29) is 6.04 Å². The van der Waals surface area contributed by atoms with E-state index in [1.165, 1.54) is 23.4 Å². The first kappa shape index (κ1) is 22.7. The summed E-state index contributed by atoms with van der Waals surface area (Å²) in [5.41, 5.74) is 9.15. The summed E-state index contributed by atoms with van der Waals surface area (Å²) in [5.74, 6) is -0.148. The molecule has 0 bridgehead atoms. The number of amides is 1. The molecule has 0 radical (unpaired) electrons. The van der Waals surface area contributed by atoms with Gasteiger partial charge < -0.3 is 15.0 Å². The first-order valence-corrected chi connectivity index (χ1v) is 11.0. The molecule has 10 heteroatoms. The quantitative estimate of drug-likeness (QED) is 0.397. The van der Waals surface area contributed by atoms with Crippen LogP contribution in [-0.2, 0) is 12.6 Å². The predicted octanol–water partition coefficient (Wildman–Crippen LogP) is 5.84. The second-order valence-electron chi connectivity index (χ2n) is 8.61. The third-order valence-electron chi connectivity index (χ3n) is 6.09. The number of ether oxygens (including phenoxy) is 1. The number of rotatable bonds is 3. The maximum atomic E-state index is 13.3. The van der Waals surface area contributed by atoms with Crippen LogP contribution >= 0.6 is 0 Å². The molecule has 2 aromatic carbocycles. The fourth-order valence-electron chi connectivity index (χ4n) is 4.42. The van der Waals surface area contributed by atoms with E-state index in [0.717, 1.165) is 39.9 Å². The normalized spacial score (nSPS) is 13.5. The van der Waals surface area contributed by atoms with Gasteiger partial charge in [-0.25, -0.2) is 14.8 Å². The molecule has 1 aliphatic rings. The Kier molecular flexibility index (Phi) is 5.38. The third kappa shape index (κ3) is 3.94. The van der Waals surface area contributed by atoms with Crippen molar-refractivity contribution in [2.45, 2.75) is 32.5 Å². The van der Waals surface area contributed by atoms with Gasteiger partial charge in [0.15, 0.2) is 0 Å². The van der Waals surface area contributed by atoms with E-state index in [9.17, 15) is 18.0 Å². The Morgan fingerprint density at radius 1 is 1.14 bits per heavy atom. The molecular weight excluding hydrogens is 459 g/mol. The maximum Gasteiger partial charge on any atom is 0.419 e. The summed E-state index contributed by atoms with van der Waals surface area (Å²) < 4.78 is 47.0. The van der Waals surface area contributed by atoms with Crippen molar-refractivity contribution in [1.82, 2.24) is 14.5 Å². The van der Waals surface area contributed by atoms with Crippen molar-refractivity contribution in [3.05, 3.63) is 66.1 Å². The lowest BCUT2D eigenvalue weighted by Gasteiger charge is -2.19. The van der Waals surface area contributed by atoms with Gasteiger partial charge in [0, 0.05) is 24.3 Å². The van der Waals surface area contributed by atoms with Crippen LogP contribution in [0.2, 0.25) is 0 Å². The van der Waals surface area contributed by atoms with Crippen molar-refractivity contribution in [2.24, 2.45) is 0 Å². The highest BCUT2D eigenvalue weighted by Gasteiger charge is 2.36. The van der Waals surface area contributed by atoms with E-state index in [1.54, 1.807) is 6.07 Å². The van der Waals surface area contributed by atoms with Crippen LogP contribution in [0.1, 0.15) is 31.0 Å². The summed E-state index contributed by atoms with van der Waals surface area (Å²) in [4.78, 5) is 22.7. The Bertz CT molecular complexity index is 1450. The summed E-state index contributed by atoms with van der Waals surface area (Å²) in [6.07, 6.45) is -1.54. The molecule has 5 rings (SSSR count). The fraction of sp³-hybridized carbons (Fsp3) is 0.240. The van der Waals surface area contributed by atoms with Gasteiger partial charge in [0.25, 0.3) is 0 Å². The monoisotopic (exact) mass is 481 g/mol. The standard InChI is InChI=1S/C25H22F3N5O2/c1-14(2)33-12-17(21-22(29)30-13-31-23(21)33)15-7-8-19-16(11-15)9-10-32(19)24(34)35-20-6-4-3-5-18(20)25(26,27)28/h3-8,11-14H,9-10H2,1-2H3,(H2,29,30,31). The molecule has 0 aliphatic carbocycles. The van der Waals surface area contributed by atoms with Crippen LogP contribution in [0.15, 0.2) is 55.0 Å². The molecule has 0 spiro atoms. The van der Waals surface area contributed by atoms with Crippen molar-refractivity contribution in [3.63, 3.8) is 0 Å². The van der Waals surface area contributed by atoms with E-state index >= 15 is 0 Å². The molecule has 2 N–H and O–H groups in total. The molecule has 7 nitrogen and oxygen atoms in total. The van der Waals surface area contributed by atoms with Crippen LogP contribution in [0.5, 0.6) is 5.75 Å². The van der Waals surface area contributed by atoms with E-state index in [4.69, 9.17) is 10.5 Å². The Labute approximate surface area is 199 Å². The number of fused-ring (bicyclic) bond motifs is 2. The van der Waals surface area contributed by atoms with Crippen LogP contribution in [0.3, 0.4) is 0 Å². The SMILES string of the molecule is CC(C)n1cc(-c2ccc3c(c2)CCN3C(=O)Oc2ccccc2C(F)(F)F)c2c(N)ncnc21. The molecule has 180 valence electrons. The van der Waals surface area contributed by atoms with E-state index in [2.05, 4.69) is 9.97 Å². The lowest BCUT2D eigenvalue weighted by molar-refractivity contribution is -0.138. The summed E-state index contributed by atoms with van der Waals surface area (Å²) in [7, 11) is 0. The third-order valence-corrected chi connectivity index (χ3v) is 6.09. The number of nitrogen functional groups attached to an aromatic ring is 1. The molecule has 35 heavy (non-hydrogen) atoms. The van der Waals surface area contributed by atoms with Crippen LogP contribution in [0.25, 0.3) is 22.2 Å². The lowest BCUT2D eigenvalue weighted by atomic mass is 10.0. The number of carbonyl (C=O) groups is 1. The molecule has 1 aliphatic heterocycles. The molecule has 0 saturated heterocycles. The summed E-state index contributed by atoms with van der Waals surface area (Å²) in [5, 5.41) is 0.749. The van der Waals surface area contributed by atoms with Gasteiger partial charge >= 0.3 is 12.3 Å². The Morgan fingerprint density at radius 2 is 1.91 bits per heavy atom. The number of alkyl halides is 3. The Morgan fingerprint density at radius 3 is 2.66 bits per heavy atom. The number of nitrogens with zero attached hydrogens (tertiary/aromatic N) is 4.